The highest BCUT2D eigenvalue weighted by molar-refractivity contribution is 9.10. The number of hydrogen-bond acceptors (Lipinski definition) is 3. The number of halogens is 1. The maximum atomic E-state index is 10.7. The van der Waals surface area contributed by atoms with Gasteiger partial charge in [-0.15, -0.1) is 11.3 Å². The number of non-ortho nitro benzene ring substituents is 1. The molecule has 0 unspecified atom stereocenters. The molecule has 3 aromatic rings. The first-order chi connectivity index (χ1) is 10.1. The topological polar surface area (TPSA) is 43.1 Å². The quantitative estimate of drug-likeness (QED) is 0.441. The third kappa shape index (κ3) is 3.04. The molecule has 0 fully saturated rings. The van der Waals surface area contributed by atoms with Gasteiger partial charge < -0.3 is 0 Å². The van der Waals surface area contributed by atoms with Crippen molar-refractivity contribution in [1.29, 1.82) is 0 Å². The summed E-state index contributed by atoms with van der Waals surface area (Å²) in [6, 6.07) is 18.9. The monoisotopic (exact) mass is 359 g/mol. The van der Waals surface area contributed by atoms with Gasteiger partial charge >= 0.3 is 0 Å². The molecule has 3 rings (SSSR count). The molecule has 0 saturated heterocycles. The van der Waals surface area contributed by atoms with Crippen LogP contribution in [0, 0.1) is 10.1 Å². The van der Waals surface area contributed by atoms with E-state index in [1.54, 1.807) is 23.5 Å². The second kappa shape index (κ2) is 5.79. The van der Waals surface area contributed by atoms with E-state index in [4.69, 9.17) is 0 Å². The zero-order chi connectivity index (χ0) is 14.8. The molecule has 0 saturated carbocycles. The number of rotatable bonds is 3. The third-order valence-corrected chi connectivity index (χ3v) is 4.81. The lowest BCUT2D eigenvalue weighted by Crippen LogP contribution is -1.86. The molecule has 1 heterocycles. The van der Waals surface area contributed by atoms with Crippen molar-refractivity contribution in [2.75, 3.05) is 0 Å². The van der Waals surface area contributed by atoms with Crippen molar-refractivity contribution in [2.45, 2.75) is 0 Å². The zero-order valence-corrected chi connectivity index (χ0v) is 13.2. The van der Waals surface area contributed by atoms with Crippen LogP contribution in [0.2, 0.25) is 0 Å². The van der Waals surface area contributed by atoms with E-state index in [0.717, 1.165) is 20.5 Å². The lowest BCUT2D eigenvalue weighted by atomic mass is 10.1. The third-order valence-electron chi connectivity index (χ3n) is 3.10. The second-order valence-electron chi connectivity index (χ2n) is 4.47. The molecule has 104 valence electrons. The minimum atomic E-state index is -0.383. The molecule has 3 nitrogen and oxygen atoms in total. The van der Waals surface area contributed by atoms with Crippen molar-refractivity contribution in [3.8, 4) is 20.9 Å². The average molecular weight is 360 g/mol. The summed E-state index contributed by atoms with van der Waals surface area (Å²) >= 11 is 5.10. The van der Waals surface area contributed by atoms with Crippen molar-refractivity contribution >= 4 is 33.0 Å². The zero-order valence-electron chi connectivity index (χ0n) is 10.8. The summed E-state index contributed by atoms with van der Waals surface area (Å²) in [6.45, 7) is 0. The van der Waals surface area contributed by atoms with Crippen molar-refractivity contribution < 1.29 is 4.92 Å². The van der Waals surface area contributed by atoms with Crippen LogP contribution in [0.5, 0.6) is 0 Å². The van der Waals surface area contributed by atoms with Crippen LogP contribution in [0.1, 0.15) is 0 Å². The molecule has 0 aliphatic carbocycles. The first-order valence-electron chi connectivity index (χ1n) is 6.24. The van der Waals surface area contributed by atoms with Crippen LogP contribution in [-0.4, -0.2) is 4.92 Å². The smallest absolute Gasteiger partial charge is 0.258 e. The largest absolute Gasteiger partial charge is 0.269 e. The van der Waals surface area contributed by atoms with Gasteiger partial charge in [-0.25, -0.2) is 0 Å². The van der Waals surface area contributed by atoms with Gasteiger partial charge in [0.05, 0.1) is 4.92 Å². The van der Waals surface area contributed by atoms with Crippen LogP contribution in [-0.2, 0) is 0 Å². The van der Waals surface area contributed by atoms with Crippen LogP contribution in [0.4, 0.5) is 5.69 Å². The van der Waals surface area contributed by atoms with Crippen LogP contribution in [0.15, 0.2) is 65.1 Å². The van der Waals surface area contributed by atoms with Gasteiger partial charge in [-0.1, -0.05) is 28.1 Å². The fourth-order valence-electron chi connectivity index (χ4n) is 2.01. The Morgan fingerprint density at radius 3 is 1.76 bits per heavy atom. The number of thiophene rings is 1. The van der Waals surface area contributed by atoms with E-state index in [-0.39, 0.29) is 10.6 Å². The Labute approximate surface area is 134 Å². The van der Waals surface area contributed by atoms with Gasteiger partial charge in [-0.2, -0.15) is 0 Å². The van der Waals surface area contributed by atoms with Crippen molar-refractivity contribution in [3.63, 3.8) is 0 Å². The molecule has 0 bridgehead atoms. The van der Waals surface area contributed by atoms with Crippen LogP contribution >= 0.6 is 27.3 Å². The van der Waals surface area contributed by atoms with E-state index in [2.05, 4.69) is 34.1 Å². The first kappa shape index (κ1) is 14.0. The van der Waals surface area contributed by atoms with E-state index in [0.29, 0.717) is 0 Å². The average Bonchev–Trinajstić information content (AvgIpc) is 2.98. The van der Waals surface area contributed by atoms with Crippen LogP contribution < -0.4 is 0 Å². The predicted octanol–water partition coefficient (Wildman–Crippen LogP) is 5.75. The number of nitrogens with zero attached hydrogens (tertiary/aromatic N) is 1. The van der Waals surface area contributed by atoms with Gasteiger partial charge in [0.2, 0.25) is 0 Å². The molecule has 0 atom stereocenters. The lowest BCUT2D eigenvalue weighted by Gasteiger charge is -1.98. The van der Waals surface area contributed by atoms with E-state index in [1.165, 1.54) is 17.0 Å². The maximum Gasteiger partial charge on any atom is 0.269 e. The van der Waals surface area contributed by atoms with Crippen LogP contribution in [0.3, 0.4) is 0 Å². The predicted molar refractivity (Wildman–Crippen MR) is 89.5 cm³/mol. The van der Waals surface area contributed by atoms with Crippen LogP contribution in [0.25, 0.3) is 20.9 Å². The normalized spacial score (nSPS) is 10.5. The highest BCUT2D eigenvalue weighted by Gasteiger charge is 2.08. The minimum absolute atomic E-state index is 0.114. The Kier molecular flexibility index (Phi) is 3.86. The van der Waals surface area contributed by atoms with Crippen molar-refractivity contribution in [3.05, 3.63) is 75.3 Å². The molecule has 0 N–H and O–H groups in total. The molecule has 2 aromatic carbocycles. The molecule has 5 heteroatoms. The van der Waals surface area contributed by atoms with E-state index in [1.807, 2.05) is 18.2 Å². The first-order valence-corrected chi connectivity index (χ1v) is 7.85. The van der Waals surface area contributed by atoms with Gasteiger partial charge in [-0.3, -0.25) is 10.1 Å². The molecular weight excluding hydrogens is 350 g/mol. The highest BCUT2D eigenvalue weighted by atomic mass is 79.9. The molecule has 0 aliphatic heterocycles. The molecule has 0 aliphatic rings. The fraction of sp³-hybridized carbons (Fsp3) is 0. The Morgan fingerprint density at radius 2 is 1.29 bits per heavy atom. The van der Waals surface area contributed by atoms with Gasteiger partial charge in [0, 0.05) is 26.4 Å². The van der Waals surface area contributed by atoms with E-state index >= 15 is 0 Å². The van der Waals surface area contributed by atoms with Gasteiger partial charge in [-0.05, 0) is 47.5 Å². The Balaban J connectivity index is 1.90. The molecule has 0 radical (unpaired) electrons. The Morgan fingerprint density at radius 1 is 0.810 bits per heavy atom. The summed E-state index contributed by atoms with van der Waals surface area (Å²) < 4.78 is 1.05. The number of nitro benzene ring substituents is 1. The number of nitro groups is 1. The molecule has 0 spiro atoms. The Hall–Kier alpha value is -1.98. The summed E-state index contributed by atoms with van der Waals surface area (Å²) in [7, 11) is 0. The SMILES string of the molecule is O=[N+]([O-])c1ccc(-c2ccc(-c3ccc(Br)cc3)s2)cc1. The number of hydrogen-bond donors (Lipinski definition) is 0. The highest BCUT2D eigenvalue weighted by Crippen LogP contribution is 2.35. The maximum absolute atomic E-state index is 10.7. The van der Waals surface area contributed by atoms with E-state index < -0.39 is 0 Å². The molecule has 21 heavy (non-hydrogen) atoms. The summed E-state index contributed by atoms with van der Waals surface area (Å²) in [5.41, 5.74) is 2.27. The standard InChI is InChI=1S/C16H10BrNO2S/c17-13-5-1-11(2-6-13)15-9-10-16(21-15)12-3-7-14(8-4-12)18(19)20/h1-10H. The number of benzene rings is 2. The lowest BCUT2D eigenvalue weighted by molar-refractivity contribution is -0.384. The Bertz CT molecular complexity index is 779. The van der Waals surface area contributed by atoms with Crippen molar-refractivity contribution in [2.24, 2.45) is 0 Å². The fourth-order valence-corrected chi connectivity index (χ4v) is 3.29. The minimum Gasteiger partial charge on any atom is -0.258 e. The van der Waals surface area contributed by atoms with Gasteiger partial charge in [0.15, 0.2) is 0 Å². The van der Waals surface area contributed by atoms with Gasteiger partial charge in [0.25, 0.3) is 5.69 Å². The molecule has 1 aromatic heterocycles. The van der Waals surface area contributed by atoms with E-state index in [9.17, 15) is 10.1 Å². The van der Waals surface area contributed by atoms with Crippen molar-refractivity contribution in [1.82, 2.24) is 0 Å². The summed E-state index contributed by atoms with van der Waals surface area (Å²) in [5.74, 6) is 0. The molecular formula is C16H10BrNO2S. The molecule has 0 amide bonds. The summed E-state index contributed by atoms with van der Waals surface area (Å²) in [5, 5.41) is 10.7. The summed E-state index contributed by atoms with van der Waals surface area (Å²) in [4.78, 5) is 12.6. The summed E-state index contributed by atoms with van der Waals surface area (Å²) in [6.07, 6.45) is 0. The van der Waals surface area contributed by atoms with Gasteiger partial charge in [0.1, 0.15) is 0 Å². The second-order valence-corrected chi connectivity index (χ2v) is 6.47.